The summed E-state index contributed by atoms with van der Waals surface area (Å²) in [5, 5.41) is 0. The van der Waals surface area contributed by atoms with E-state index in [1.165, 1.54) is 51.4 Å². The van der Waals surface area contributed by atoms with Crippen molar-refractivity contribution in [2.75, 3.05) is 13.2 Å². The van der Waals surface area contributed by atoms with Gasteiger partial charge in [-0.05, 0) is 38.5 Å². The fraction of sp³-hybridized carbons (Fsp3) is 0.800. The zero-order valence-electron chi connectivity index (χ0n) is 15.0. The van der Waals surface area contributed by atoms with Gasteiger partial charge in [0.2, 0.25) is 0 Å². The molecule has 130 valence electrons. The van der Waals surface area contributed by atoms with Gasteiger partial charge in [-0.15, -0.1) is 0 Å². The van der Waals surface area contributed by atoms with E-state index < -0.39 is 0 Å². The van der Waals surface area contributed by atoms with Crippen LogP contribution in [0.2, 0.25) is 0 Å². The molecule has 0 spiro atoms. The van der Waals surface area contributed by atoms with Gasteiger partial charge in [0, 0.05) is 13.2 Å². The average Bonchev–Trinajstić information content (AvgIpc) is 2.53. The summed E-state index contributed by atoms with van der Waals surface area (Å²) in [4.78, 5) is 0. The fourth-order valence-electron chi connectivity index (χ4n) is 2.23. The van der Waals surface area contributed by atoms with Crippen molar-refractivity contribution in [2.45, 2.75) is 90.8 Å². The molecule has 0 aliphatic carbocycles. The number of hydrogen-bond acceptors (Lipinski definition) is 2. The summed E-state index contributed by atoms with van der Waals surface area (Å²) in [6.07, 6.45) is 19.4. The molecule has 0 aromatic rings. The number of unbranched alkanes of at least 4 members (excludes halogenated alkanes) is 7. The summed E-state index contributed by atoms with van der Waals surface area (Å²) in [5.41, 5.74) is 0. The Bertz CT molecular complexity index is 238. The predicted molar refractivity (Wildman–Crippen MR) is 97.2 cm³/mol. The summed E-state index contributed by atoms with van der Waals surface area (Å²) in [5.74, 6) is 0. The lowest BCUT2D eigenvalue weighted by molar-refractivity contribution is -0.147. The third-order valence-corrected chi connectivity index (χ3v) is 3.69. The standard InChI is InChI=1S/C20H38O2/c1-4-7-10-11-12-13-14-15-16-17-20(21-18-8-5-2)22-19-9-6-3/h4,7,10,20H,1,5-6,8-9,11-19H2,2-3H3/b10-7-. The summed E-state index contributed by atoms with van der Waals surface area (Å²) < 4.78 is 11.7. The lowest BCUT2D eigenvalue weighted by Gasteiger charge is -2.18. The largest absolute Gasteiger partial charge is 0.353 e. The summed E-state index contributed by atoms with van der Waals surface area (Å²) in [6, 6.07) is 0. The molecule has 0 heterocycles. The van der Waals surface area contributed by atoms with E-state index in [-0.39, 0.29) is 6.29 Å². The van der Waals surface area contributed by atoms with Gasteiger partial charge in [-0.3, -0.25) is 0 Å². The Morgan fingerprint density at radius 1 is 0.818 bits per heavy atom. The number of hydrogen-bond donors (Lipinski definition) is 0. The molecule has 0 saturated carbocycles. The quantitative estimate of drug-likeness (QED) is 0.175. The molecule has 0 bridgehead atoms. The first-order valence-corrected chi connectivity index (χ1v) is 9.35. The Morgan fingerprint density at radius 2 is 1.41 bits per heavy atom. The van der Waals surface area contributed by atoms with Crippen LogP contribution in [0.15, 0.2) is 24.8 Å². The molecule has 0 aliphatic heterocycles. The summed E-state index contributed by atoms with van der Waals surface area (Å²) in [7, 11) is 0. The first kappa shape index (κ1) is 21.4. The first-order valence-electron chi connectivity index (χ1n) is 9.35. The molecular weight excluding hydrogens is 272 g/mol. The molecular formula is C20H38O2. The van der Waals surface area contributed by atoms with Crippen molar-refractivity contribution in [1.82, 2.24) is 0 Å². The van der Waals surface area contributed by atoms with Crippen molar-refractivity contribution in [1.29, 1.82) is 0 Å². The highest BCUT2D eigenvalue weighted by Crippen LogP contribution is 2.12. The Hall–Kier alpha value is -0.600. The van der Waals surface area contributed by atoms with Crippen LogP contribution in [-0.2, 0) is 9.47 Å². The highest BCUT2D eigenvalue weighted by atomic mass is 16.7. The number of ether oxygens (including phenoxy) is 2. The Balaban J connectivity index is 3.59. The van der Waals surface area contributed by atoms with Gasteiger partial charge in [0.1, 0.15) is 0 Å². The fourth-order valence-corrected chi connectivity index (χ4v) is 2.23. The van der Waals surface area contributed by atoms with Crippen molar-refractivity contribution in [3.8, 4) is 0 Å². The van der Waals surface area contributed by atoms with Crippen molar-refractivity contribution >= 4 is 0 Å². The van der Waals surface area contributed by atoms with E-state index in [2.05, 4.69) is 26.5 Å². The summed E-state index contributed by atoms with van der Waals surface area (Å²) >= 11 is 0. The van der Waals surface area contributed by atoms with Crippen molar-refractivity contribution in [3.63, 3.8) is 0 Å². The van der Waals surface area contributed by atoms with Crippen LogP contribution in [0.4, 0.5) is 0 Å². The van der Waals surface area contributed by atoms with Crippen LogP contribution in [-0.4, -0.2) is 19.5 Å². The second-order valence-electron chi connectivity index (χ2n) is 5.89. The number of rotatable bonds is 17. The predicted octanol–water partition coefficient (Wildman–Crippen LogP) is 6.42. The molecule has 0 amide bonds. The maximum Gasteiger partial charge on any atom is 0.157 e. The van der Waals surface area contributed by atoms with Crippen molar-refractivity contribution in [2.24, 2.45) is 0 Å². The smallest absolute Gasteiger partial charge is 0.157 e. The number of allylic oxidation sites excluding steroid dienone is 3. The van der Waals surface area contributed by atoms with Crippen molar-refractivity contribution < 1.29 is 9.47 Å². The van der Waals surface area contributed by atoms with E-state index in [0.29, 0.717) is 0 Å². The molecule has 0 fully saturated rings. The second-order valence-corrected chi connectivity index (χ2v) is 5.89. The first-order chi connectivity index (χ1) is 10.8. The van der Waals surface area contributed by atoms with Gasteiger partial charge in [0.25, 0.3) is 0 Å². The van der Waals surface area contributed by atoms with Gasteiger partial charge >= 0.3 is 0 Å². The molecule has 0 unspecified atom stereocenters. The van der Waals surface area contributed by atoms with Crippen LogP contribution in [0.5, 0.6) is 0 Å². The maximum absolute atomic E-state index is 5.86. The van der Waals surface area contributed by atoms with Gasteiger partial charge in [-0.1, -0.05) is 70.8 Å². The minimum atomic E-state index is 0.0219. The average molecular weight is 311 g/mol. The van der Waals surface area contributed by atoms with Crippen molar-refractivity contribution in [3.05, 3.63) is 24.8 Å². The third kappa shape index (κ3) is 15.8. The van der Waals surface area contributed by atoms with Crippen LogP contribution in [0.25, 0.3) is 0 Å². The van der Waals surface area contributed by atoms with Crippen LogP contribution in [0.1, 0.15) is 84.5 Å². The molecule has 0 aromatic heterocycles. The summed E-state index contributed by atoms with van der Waals surface area (Å²) in [6.45, 7) is 9.74. The zero-order chi connectivity index (χ0) is 16.3. The maximum atomic E-state index is 5.86. The molecule has 22 heavy (non-hydrogen) atoms. The lowest BCUT2D eigenvalue weighted by Crippen LogP contribution is -2.18. The minimum Gasteiger partial charge on any atom is -0.353 e. The van der Waals surface area contributed by atoms with Gasteiger partial charge in [-0.25, -0.2) is 0 Å². The lowest BCUT2D eigenvalue weighted by atomic mass is 10.1. The highest BCUT2D eigenvalue weighted by molar-refractivity contribution is 4.96. The van der Waals surface area contributed by atoms with E-state index >= 15 is 0 Å². The van der Waals surface area contributed by atoms with Crippen LogP contribution in [0, 0.1) is 0 Å². The van der Waals surface area contributed by atoms with E-state index in [1.54, 1.807) is 0 Å². The molecule has 2 nitrogen and oxygen atoms in total. The molecule has 0 atom stereocenters. The minimum absolute atomic E-state index is 0.0219. The van der Waals surface area contributed by atoms with Gasteiger partial charge in [-0.2, -0.15) is 0 Å². The SMILES string of the molecule is C=C/C=C\CCCCCCCC(OCCCC)OCCCC. The van der Waals surface area contributed by atoms with Crippen LogP contribution >= 0.6 is 0 Å². The molecule has 0 rings (SSSR count). The van der Waals surface area contributed by atoms with Crippen LogP contribution < -0.4 is 0 Å². The normalized spacial score (nSPS) is 11.6. The molecule has 0 N–H and O–H groups in total. The zero-order valence-corrected chi connectivity index (χ0v) is 15.0. The Labute approximate surface area is 139 Å². The van der Waals surface area contributed by atoms with E-state index in [0.717, 1.165) is 32.5 Å². The monoisotopic (exact) mass is 310 g/mol. The van der Waals surface area contributed by atoms with E-state index in [4.69, 9.17) is 9.47 Å². The third-order valence-electron chi connectivity index (χ3n) is 3.69. The second kappa shape index (κ2) is 18.4. The highest BCUT2D eigenvalue weighted by Gasteiger charge is 2.08. The molecule has 2 heteroatoms. The molecule has 0 saturated heterocycles. The molecule has 0 radical (unpaired) electrons. The Morgan fingerprint density at radius 3 is 2.00 bits per heavy atom. The van der Waals surface area contributed by atoms with Gasteiger partial charge in [0.05, 0.1) is 0 Å². The van der Waals surface area contributed by atoms with Gasteiger partial charge in [0.15, 0.2) is 6.29 Å². The Kier molecular flexibility index (Phi) is 17.9. The molecule has 0 aromatic carbocycles. The molecule has 0 aliphatic rings. The van der Waals surface area contributed by atoms with Gasteiger partial charge < -0.3 is 9.47 Å². The topological polar surface area (TPSA) is 18.5 Å². The van der Waals surface area contributed by atoms with E-state index in [1.807, 2.05) is 12.2 Å². The van der Waals surface area contributed by atoms with Crippen LogP contribution in [0.3, 0.4) is 0 Å². The van der Waals surface area contributed by atoms with E-state index in [9.17, 15) is 0 Å².